The number of nitro benzene ring substituents is 1. The van der Waals surface area contributed by atoms with Gasteiger partial charge in [-0.25, -0.2) is 4.57 Å². The van der Waals surface area contributed by atoms with Gasteiger partial charge in [-0.05, 0) is 36.5 Å². The summed E-state index contributed by atoms with van der Waals surface area (Å²) in [5.41, 5.74) is -0.176. The maximum absolute atomic E-state index is 12.9. The Bertz CT molecular complexity index is 1470. The molecule has 30 heavy (non-hydrogen) atoms. The van der Waals surface area contributed by atoms with Crippen LogP contribution in [0, 0.1) is 14.9 Å². The average Bonchev–Trinajstić information content (AvgIpc) is 3.19. The number of nitrogens with one attached hydrogen (secondary N) is 1. The number of nitrogens with zero attached hydrogens (tertiary/aromatic N) is 2. The summed E-state index contributed by atoms with van der Waals surface area (Å²) in [5.74, 6) is -0.765. The van der Waals surface area contributed by atoms with Gasteiger partial charge in [0.25, 0.3) is 11.2 Å². The highest BCUT2D eigenvalue weighted by molar-refractivity contribution is 7.71. The number of H-pyrrole nitrogens is 1. The highest BCUT2D eigenvalue weighted by Crippen LogP contribution is 2.27. The summed E-state index contributed by atoms with van der Waals surface area (Å²) < 4.78 is 6.11. The molecule has 4 aromatic rings. The number of benzene rings is 2. The van der Waals surface area contributed by atoms with Crippen LogP contribution >= 0.6 is 35.4 Å². The SMILES string of the molecule is O=C(c1ccc(-c2cccc([N+](=O)[O-])c2)o1)n1c(=S)[nH]c2c(Cl)cc(Cl)cc2c1=O. The number of fused-ring (bicyclic) bond motifs is 1. The normalized spacial score (nSPS) is 11.0. The monoisotopic (exact) mass is 461 g/mol. The van der Waals surface area contributed by atoms with E-state index in [1.807, 2.05) is 0 Å². The van der Waals surface area contributed by atoms with Crippen LogP contribution in [0.5, 0.6) is 0 Å². The quantitative estimate of drug-likeness (QED) is 0.254. The number of carbonyl (C=O) groups excluding carboxylic acids is 1. The van der Waals surface area contributed by atoms with Gasteiger partial charge in [0.1, 0.15) is 5.76 Å². The molecule has 0 radical (unpaired) electrons. The van der Waals surface area contributed by atoms with E-state index >= 15 is 0 Å². The number of non-ortho nitro benzene ring substituents is 1. The summed E-state index contributed by atoms with van der Waals surface area (Å²) in [6.45, 7) is 0. The first-order chi connectivity index (χ1) is 14.3. The predicted molar refractivity (Wildman–Crippen MR) is 114 cm³/mol. The second-order valence-electron chi connectivity index (χ2n) is 6.16. The first-order valence-electron chi connectivity index (χ1n) is 8.29. The Hall–Kier alpha value is -3.27. The molecule has 0 bridgehead atoms. The van der Waals surface area contributed by atoms with Gasteiger partial charge in [0.05, 0.1) is 20.8 Å². The molecule has 0 amide bonds. The van der Waals surface area contributed by atoms with Crippen molar-refractivity contribution < 1.29 is 14.1 Å². The lowest BCUT2D eigenvalue weighted by atomic mass is 10.1. The standard InChI is InChI=1S/C19H9Cl2N3O5S/c20-10-7-12-16(13(21)8-10)22-19(30)23(17(12)25)18(26)15-5-4-14(29-15)9-2-1-3-11(6-9)24(27)28/h1-8H,(H,22,30). The molecule has 0 saturated carbocycles. The third kappa shape index (κ3) is 3.43. The third-order valence-electron chi connectivity index (χ3n) is 4.28. The van der Waals surface area contributed by atoms with E-state index in [1.165, 1.54) is 42.5 Å². The number of aromatic amines is 1. The van der Waals surface area contributed by atoms with Crippen LogP contribution in [0.1, 0.15) is 10.6 Å². The number of nitro groups is 1. The molecule has 2 heterocycles. The maximum atomic E-state index is 12.9. The van der Waals surface area contributed by atoms with Crippen molar-refractivity contribution >= 4 is 57.9 Å². The molecule has 0 aliphatic rings. The summed E-state index contributed by atoms with van der Waals surface area (Å²) in [6.07, 6.45) is 0. The van der Waals surface area contributed by atoms with Gasteiger partial charge in [0.15, 0.2) is 10.5 Å². The Morgan fingerprint density at radius 2 is 1.93 bits per heavy atom. The number of hydrogen-bond donors (Lipinski definition) is 1. The topological polar surface area (TPSA) is 111 Å². The molecule has 0 aliphatic heterocycles. The van der Waals surface area contributed by atoms with Gasteiger partial charge < -0.3 is 9.40 Å². The molecule has 150 valence electrons. The first kappa shape index (κ1) is 20.0. The number of rotatable bonds is 3. The molecule has 2 aromatic heterocycles. The van der Waals surface area contributed by atoms with E-state index < -0.39 is 16.4 Å². The number of carbonyl (C=O) groups is 1. The van der Waals surface area contributed by atoms with E-state index in [2.05, 4.69) is 4.98 Å². The van der Waals surface area contributed by atoms with Crippen LogP contribution in [-0.4, -0.2) is 20.4 Å². The Balaban J connectivity index is 1.81. The Labute approximate surface area is 182 Å². The van der Waals surface area contributed by atoms with E-state index in [9.17, 15) is 19.7 Å². The molecule has 0 spiro atoms. The summed E-state index contributed by atoms with van der Waals surface area (Å²) in [4.78, 5) is 39.0. The Morgan fingerprint density at radius 3 is 2.67 bits per heavy atom. The molecule has 0 unspecified atom stereocenters. The number of aromatic nitrogens is 2. The molecule has 0 aliphatic carbocycles. The lowest BCUT2D eigenvalue weighted by Gasteiger charge is -2.07. The van der Waals surface area contributed by atoms with Gasteiger partial charge >= 0.3 is 5.91 Å². The molecule has 0 atom stereocenters. The molecule has 1 N–H and O–H groups in total. The molecular weight excluding hydrogens is 453 g/mol. The van der Waals surface area contributed by atoms with Crippen molar-refractivity contribution in [2.45, 2.75) is 0 Å². The maximum Gasteiger partial charge on any atom is 0.302 e. The van der Waals surface area contributed by atoms with E-state index in [-0.39, 0.29) is 42.9 Å². The van der Waals surface area contributed by atoms with Crippen LogP contribution in [0.2, 0.25) is 10.0 Å². The minimum atomic E-state index is -0.809. The van der Waals surface area contributed by atoms with Crippen molar-refractivity contribution in [3.63, 3.8) is 0 Å². The molecule has 4 rings (SSSR count). The third-order valence-corrected chi connectivity index (χ3v) is 5.09. The van der Waals surface area contributed by atoms with Gasteiger partial charge in [0, 0.05) is 22.7 Å². The fourth-order valence-corrected chi connectivity index (χ4v) is 3.73. The molecule has 2 aromatic carbocycles. The number of hydrogen-bond acceptors (Lipinski definition) is 6. The van der Waals surface area contributed by atoms with E-state index in [0.29, 0.717) is 5.56 Å². The Kier molecular flexibility index (Phi) is 5.02. The molecule has 11 heteroatoms. The zero-order chi connectivity index (χ0) is 21.6. The zero-order valence-corrected chi connectivity index (χ0v) is 17.0. The van der Waals surface area contributed by atoms with E-state index in [0.717, 1.165) is 4.57 Å². The summed E-state index contributed by atoms with van der Waals surface area (Å²) in [6, 6.07) is 11.4. The smallest absolute Gasteiger partial charge is 0.302 e. The van der Waals surface area contributed by atoms with Crippen molar-refractivity contribution in [2.24, 2.45) is 0 Å². The number of furan rings is 1. The average molecular weight is 462 g/mol. The van der Waals surface area contributed by atoms with Gasteiger partial charge in [-0.2, -0.15) is 0 Å². The van der Waals surface area contributed by atoms with Crippen LogP contribution in [-0.2, 0) is 0 Å². The van der Waals surface area contributed by atoms with Gasteiger partial charge in [-0.15, -0.1) is 0 Å². The van der Waals surface area contributed by atoms with Crippen molar-refractivity contribution in [2.75, 3.05) is 0 Å². The highest BCUT2D eigenvalue weighted by Gasteiger charge is 2.20. The van der Waals surface area contributed by atoms with Crippen molar-refractivity contribution in [1.82, 2.24) is 9.55 Å². The van der Waals surface area contributed by atoms with Gasteiger partial charge in [-0.3, -0.25) is 19.7 Å². The largest absolute Gasteiger partial charge is 0.451 e. The molecule has 8 nitrogen and oxygen atoms in total. The fraction of sp³-hybridized carbons (Fsp3) is 0. The Morgan fingerprint density at radius 1 is 1.17 bits per heavy atom. The van der Waals surface area contributed by atoms with Gasteiger partial charge in [-0.1, -0.05) is 35.3 Å². The highest BCUT2D eigenvalue weighted by atomic mass is 35.5. The second-order valence-corrected chi connectivity index (χ2v) is 7.39. The predicted octanol–water partition coefficient (Wildman–Crippen LogP) is 5.22. The van der Waals surface area contributed by atoms with E-state index in [4.69, 9.17) is 39.8 Å². The van der Waals surface area contributed by atoms with E-state index in [1.54, 1.807) is 6.07 Å². The minimum absolute atomic E-state index is 0.0833. The van der Waals surface area contributed by atoms with Crippen molar-refractivity contribution in [3.05, 3.63) is 89.6 Å². The van der Waals surface area contributed by atoms with Crippen LogP contribution in [0.15, 0.2) is 57.7 Å². The van der Waals surface area contributed by atoms with Crippen molar-refractivity contribution in [1.29, 1.82) is 0 Å². The summed E-state index contributed by atoms with van der Waals surface area (Å²) >= 11 is 17.2. The molecule has 0 fully saturated rings. The lowest BCUT2D eigenvalue weighted by molar-refractivity contribution is -0.384. The zero-order valence-electron chi connectivity index (χ0n) is 14.7. The first-order valence-corrected chi connectivity index (χ1v) is 9.46. The lowest BCUT2D eigenvalue weighted by Crippen LogP contribution is -2.28. The van der Waals surface area contributed by atoms with Crippen LogP contribution in [0.25, 0.3) is 22.2 Å². The molecule has 0 saturated heterocycles. The number of halogens is 2. The minimum Gasteiger partial charge on any atom is -0.451 e. The summed E-state index contributed by atoms with van der Waals surface area (Å²) in [7, 11) is 0. The fourth-order valence-electron chi connectivity index (χ4n) is 2.92. The second kappa shape index (κ2) is 7.52. The van der Waals surface area contributed by atoms with Crippen LogP contribution in [0.4, 0.5) is 5.69 Å². The summed E-state index contributed by atoms with van der Waals surface area (Å²) in [5, 5.41) is 11.5. The molecular formula is C19H9Cl2N3O5S. The van der Waals surface area contributed by atoms with Crippen LogP contribution in [0.3, 0.4) is 0 Å². The van der Waals surface area contributed by atoms with Gasteiger partial charge in [0.2, 0.25) is 0 Å². The van der Waals surface area contributed by atoms with Crippen LogP contribution < -0.4 is 5.56 Å². The van der Waals surface area contributed by atoms with Crippen molar-refractivity contribution in [3.8, 4) is 11.3 Å².